The molecule has 1 aromatic rings. The second-order valence-corrected chi connectivity index (χ2v) is 3.79. The van der Waals surface area contributed by atoms with Gasteiger partial charge in [0.2, 0.25) is 0 Å². The SMILES string of the molecule is C=C(C)CNc1cc(C(C)C)ncn1. The van der Waals surface area contributed by atoms with Gasteiger partial charge in [-0.25, -0.2) is 9.97 Å². The van der Waals surface area contributed by atoms with Crippen molar-refractivity contribution in [2.45, 2.75) is 26.7 Å². The smallest absolute Gasteiger partial charge is 0.129 e. The van der Waals surface area contributed by atoms with Gasteiger partial charge >= 0.3 is 0 Å². The predicted molar refractivity (Wildman–Crippen MR) is 59.4 cm³/mol. The van der Waals surface area contributed by atoms with Crippen LogP contribution in [0.15, 0.2) is 24.5 Å². The van der Waals surface area contributed by atoms with E-state index in [-0.39, 0.29) is 0 Å². The quantitative estimate of drug-likeness (QED) is 0.743. The van der Waals surface area contributed by atoms with Crippen LogP contribution in [0.5, 0.6) is 0 Å². The lowest BCUT2D eigenvalue weighted by Gasteiger charge is -2.08. The van der Waals surface area contributed by atoms with Crippen molar-refractivity contribution in [2.24, 2.45) is 0 Å². The van der Waals surface area contributed by atoms with Crippen LogP contribution in [0.25, 0.3) is 0 Å². The molecule has 0 aliphatic rings. The topological polar surface area (TPSA) is 37.8 Å². The molecular weight excluding hydrogens is 174 g/mol. The maximum Gasteiger partial charge on any atom is 0.129 e. The van der Waals surface area contributed by atoms with E-state index in [1.807, 2.05) is 13.0 Å². The van der Waals surface area contributed by atoms with E-state index in [1.165, 1.54) is 0 Å². The molecule has 0 fully saturated rings. The van der Waals surface area contributed by atoms with Crippen molar-refractivity contribution in [1.82, 2.24) is 9.97 Å². The molecule has 76 valence electrons. The van der Waals surface area contributed by atoms with Crippen molar-refractivity contribution in [3.05, 3.63) is 30.2 Å². The molecule has 1 aromatic heterocycles. The summed E-state index contributed by atoms with van der Waals surface area (Å²) in [4.78, 5) is 8.32. The van der Waals surface area contributed by atoms with Gasteiger partial charge in [0.25, 0.3) is 0 Å². The molecule has 1 heterocycles. The van der Waals surface area contributed by atoms with Gasteiger partial charge in [-0.05, 0) is 12.8 Å². The summed E-state index contributed by atoms with van der Waals surface area (Å²) in [6, 6.07) is 1.98. The van der Waals surface area contributed by atoms with Gasteiger partial charge in [0.15, 0.2) is 0 Å². The number of hydrogen-bond donors (Lipinski definition) is 1. The highest BCUT2D eigenvalue weighted by Crippen LogP contribution is 2.13. The summed E-state index contributed by atoms with van der Waals surface area (Å²) < 4.78 is 0. The number of nitrogens with zero attached hydrogens (tertiary/aromatic N) is 2. The van der Waals surface area contributed by atoms with Crippen LogP contribution in [0, 0.1) is 0 Å². The lowest BCUT2D eigenvalue weighted by atomic mass is 10.1. The van der Waals surface area contributed by atoms with Gasteiger partial charge in [0, 0.05) is 18.3 Å². The standard InChI is InChI=1S/C11H17N3/c1-8(2)6-12-11-5-10(9(3)4)13-7-14-11/h5,7,9H,1,6H2,2-4H3,(H,12,13,14). The zero-order chi connectivity index (χ0) is 10.6. The van der Waals surface area contributed by atoms with E-state index in [1.54, 1.807) is 6.33 Å². The normalized spacial score (nSPS) is 10.3. The molecule has 0 radical (unpaired) electrons. The fourth-order valence-corrected chi connectivity index (χ4v) is 1.03. The van der Waals surface area contributed by atoms with Crippen LogP contribution in [-0.2, 0) is 0 Å². The summed E-state index contributed by atoms with van der Waals surface area (Å²) in [6.07, 6.45) is 1.59. The van der Waals surface area contributed by atoms with Crippen LogP contribution in [0.2, 0.25) is 0 Å². The Bertz CT molecular complexity index is 318. The molecule has 0 bridgehead atoms. The number of nitrogens with one attached hydrogen (secondary N) is 1. The summed E-state index contributed by atoms with van der Waals surface area (Å²) in [7, 11) is 0. The molecule has 0 saturated heterocycles. The average Bonchev–Trinajstić information content (AvgIpc) is 2.15. The van der Waals surface area contributed by atoms with E-state index in [0.29, 0.717) is 5.92 Å². The Hall–Kier alpha value is -1.38. The monoisotopic (exact) mass is 191 g/mol. The summed E-state index contributed by atoms with van der Waals surface area (Å²) >= 11 is 0. The summed E-state index contributed by atoms with van der Waals surface area (Å²) in [5, 5.41) is 3.19. The van der Waals surface area contributed by atoms with Crippen molar-refractivity contribution in [2.75, 3.05) is 11.9 Å². The highest BCUT2D eigenvalue weighted by atomic mass is 15.0. The lowest BCUT2D eigenvalue weighted by Crippen LogP contribution is -2.05. The van der Waals surface area contributed by atoms with Gasteiger partial charge in [0.05, 0.1) is 0 Å². The largest absolute Gasteiger partial charge is 0.366 e. The van der Waals surface area contributed by atoms with Gasteiger partial charge in [-0.2, -0.15) is 0 Å². The van der Waals surface area contributed by atoms with E-state index in [4.69, 9.17) is 0 Å². The summed E-state index contributed by atoms with van der Waals surface area (Å²) in [5.41, 5.74) is 2.15. The Morgan fingerprint density at radius 1 is 1.50 bits per heavy atom. The van der Waals surface area contributed by atoms with Crippen LogP contribution >= 0.6 is 0 Å². The van der Waals surface area contributed by atoms with E-state index >= 15 is 0 Å². The molecule has 0 aliphatic carbocycles. The van der Waals surface area contributed by atoms with Crippen molar-refractivity contribution < 1.29 is 0 Å². The van der Waals surface area contributed by atoms with Gasteiger partial charge < -0.3 is 5.32 Å². The van der Waals surface area contributed by atoms with Crippen molar-refractivity contribution >= 4 is 5.82 Å². The molecule has 0 amide bonds. The Morgan fingerprint density at radius 2 is 2.21 bits per heavy atom. The zero-order valence-electron chi connectivity index (χ0n) is 9.04. The van der Waals surface area contributed by atoms with Crippen LogP contribution in [0.4, 0.5) is 5.82 Å². The maximum atomic E-state index is 4.19. The predicted octanol–water partition coefficient (Wildman–Crippen LogP) is 2.59. The zero-order valence-corrected chi connectivity index (χ0v) is 9.04. The Balaban J connectivity index is 2.68. The van der Waals surface area contributed by atoms with E-state index < -0.39 is 0 Å². The minimum atomic E-state index is 0.434. The van der Waals surface area contributed by atoms with Crippen LogP contribution in [-0.4, -0.2) is 16.5 Å². The first-order chi connectivity index (χ1) is 6.59. The molecule has 0 unspecified atom stereocenters. The molecule has 0 aliphatic heterocycles. The van der Waals surface area contributed by atoms with E-state index in [0.717, 1.165) is 23.6 Å². The second kappa shape index (κ2) is 4.74. The number of hydrogen-bond acceptors (Lipinski definition) is 3. The minimum absolute atomic E-state index is 0.434. The summed E-state index contributed by atoms with van der Waals surface area (Å²) in [6.45, 7) is 10.8. The van der Waals surface area contributed by atoms with Crippen LogP contribution < -0.4 is 5.32 Å². The van der Waals surface area contributed by atoms with Crippen molar-refractivity contribution in [3.8, 4) is 0 Å². The van der Waals surface area contributed by atoms with Gasteiger partial charge in [-0.15, -0.1) is 0 Å². The number of aromatic nitrogens is 2. The highest BCUT2D eigenvalue weighted by molar-refractivity contribution is 5.36. The number of anilines is 1. The molecule has 0 spiro atoms. The fraction of sp³-hybridized carbons (Fsp3) is 0.455. The molecule has 0 atom stereocenters. The van der Waals surface area contributed by atoms with E-state index in [9.17, 15) is 0 Å². The first-order valence-electron chi connectivity index (χ1n) is 4.79. The second-order valence-electron chi connectivity index (χ2n) is 3.79. The molecule has 1 rings (SSSR count). The fourth-order valence-electron chi connectivity index (χ4n) is 1.03. The lowest BCUT2D eigenvalue weighted by molar-refractivity contribution is 0.814. The Morgan fingerprint density at radius 3 is 2.79 bits per heavy atom. The van der Waals surface area contributed by atoms with E-state index in [2.05, 4.69) is 35.7 Å². The molecular formula is C11H17N3. The molecule has 1 N–H and O–H groups in total. The van der Waals surface area contributed by atoms with Crippen molar-refractivity contribution in [3.63, 3.8) is 0 Å². The van der Waals surface area contributed by atoms with Crippen molar-refractivity contribution in [1.29, 1.82) is 0 Å². The first kappa shape index (κ1) is 10.7. The Kier molecular flexibility index (Phi) is 3.63. The number of rotatable bonds is 4. The summed E-state index contributed by atoms with van der Waals surface area (Å²) in [5.74, 6) is 1.30. The molecule has 3 nitrogen and oxygen atoms in total. The van der Waals surface area contributed by atoms with Gasteiger partial charge in [-0.3, -0.25) is 0 Å². The van der Waals surface area contributed by atoms with Gasteiger partial charge in [0.1, 0.15) is 12.1 Å². The van der Waals surface area contributed by atoms with Crippen LogP contribution in [0.3, 0.4) is 0 Å². The third kappa shape index (κ3) is 3.17. The minimum Gasteiger partial charge on any atom is -0.366 e. The highest BCUT2D eigenvalue weighted by Gasteiger charge is 2.01. The average molecular weight is 191 g/mol. The Labute approximate surface area is 85.3 Å². The molecule has 3 heteroatoms. The first-order valence-corrected chi connectivity index (χ1v) is 4.79. The van der Waals surface area contributed by atoms with Crippen LogP contribution in [0.1, 0.15) is 32.4 Å². The maximum absolute atomic E-state index is 4.19. The molecule has 0 aromatic carbocycles. The molecule has 14 heavy (non-hydrogen) atoms. The third-order valence-corrected chi connectivity index (χ3v) is 1.85. The third-order valence-electron chi connectivity index (χ3n) is 1.85. The molecule has 0 saturated carbocycles. The van der Waals surface area contributed by atoms with Gasteiger partial charge in [-0.1, -0.05) is 26.0 Å².